The standard InChI is InChI=1S/C19H27F3N4O/c1-14-4-2-3-5-16(14)24-18(27)13-25-8-10-26(11-9-25)17-7-6-15(12-23-17)19(20,21)22/h6-7,12,14,16H,2-5,8-11,13H2,1H3,(H,24,27)/p+2/t14-,16+/m1/s1. The minimum Gasteiger partial charge on any atom is -0.348 e. The molecule has 1 aliphatic heterocycles. The van der Waals surface area contributed by atoms with E-state index in [4.69, 9.17) is 0 Å². The Hall–Kier alpha value is -1.83. The number of carbonyl (C=O) groups excluding carboxylic acids is 1. The zero-order valence-electron chi connectivity index (χ0n) is 15.7. The maximum absolute atomic E-state index is 12.7. The fraction of sp³-hybridized carbons (Fsp3) is 0.684. The first-order chi connectivity index (χ1) is 12.8. The molecule has 0 bridgehead atoms. The zero-order chi connectivity index (χ0) is 19.4. The van der Waals surface area contributed by atoms with Crippen molar-refractivity contribution in [2.75, 3.05) is 37.6 Å². The van der Waals surface area contributed by atoms with Crippen molar-refractivity contribution in [1.82, 2.24) is 5.32 Å². The average molecular weight is 386 g/mol. The van der Waals surface area contributed by atoms with Crippen molar-refractivity contribution in [3.63, 3.8) is 0 Å². The van der Waals surface area contributed by atoms with Crippen molar-refractivity contribution in [2.24, 2.45) is 5.92 Å². The number of amides is 1. The molecule has 0 aromatic carbocycles. The molecule has 1 saturated carbocycles. The van der Waals surface area contributed by atoms with Crippen molar-refractivity contribution in [2.45, 2.75) is 44.8 Å². The van der Waals surface area contributed by atoms with E-state index < -0.39 is 11.7 Å². The van der Waals surface area contributed by atoms with Crippen LogP contribution in [0.25, 0.3) is 0 Å². The number of alkyl halides is 3. The van der Waals surface area contributed by atoms with E-state index in [0.717, 1.165) is 31.8 Å². The van der Waals surface area contributed by atoms with Crippen LogP contribution in [0.15, 0.2) is 18.3 Å². The van der Waals surface area contributed by atoms with Gasteiger partial charge in [0.1, 0.15) is 32.4 Å². The van der Waals surface area contributed by atoms with E-state index >= 15 is 0 Å². The highest BCUT2D eigenvalue weighted by atomic mass is 19.4. The van der Waals surface area contributed by atoms with Gasteiger partial charge in [0.05, 0.1) is 5.56 Å². The van der Waals surface area contributed by atoms with Crippen LogP contribution in [0.3, 0.4) is 0 Å². The number of piperazine rings is 1. The average Bonchev–Trinajstić information content (AvgIpc) is 2.64. The molecular weight excluding hydrogens is 357 g/mol. The largest absolute Gasteiger partial charge is 0.419 e. The summed E-state index contributed by atoms with van der Waals surface area (Å²) >= 11 is 0. The number of rotatable bonds is 4. The van der Waals surface area contributed by atoms with E-state index in [1.165, 1.54) is 30.2 Å². The number of nitrogens with one attached hydrogen (secondary N) is 3. The third kappa shape index (κ3) is 5.34. The minimum atomic E-state index is -4.33. The first-order valence-electron chi connectivity index (χ1n) is 9.80. The van der Waals surface area contributed by atoms with Crippen molar-refractivity contribution < 1.29 is 27.8 Å². The monoisotopic (exact) mass is 386 g/mol. The Morgan fingerprint density at radius 2 is 1.96 bits per heavy atom. The van der Waals surface area contributed by atoms with Gasteiger partial charge in [-0.25, -0.2) is 4.98 Å². The summed E-state index contributed by atoms with van der Waals surface area (Å²) in [7, 11) is 0. The summed E-state index contributed by atoms with van der Waals surface area (Å²) in [6.07, 6.45) is 1.36. The van der Waals surface area contributed by atoms with Gasteiger partial charge in [-0.05, 0) is 24.8 Å². The quantitative estimate of drug-likeness (QED) is 0.809. The molecule has 3 rings (SSSR count). The molecule has 2 fully saturated rings. The predicted molar refractivity (Wildman–Crippen MR) is 95.3 cm³/mol. The van der Waals surface area contributed by atoms with Gasteiger partial charge in [0.2, 0.25) is 0 Å². The Balaban J connectivity index is 1.45. The van der Waals surface area contributed by atoms with Crippen LogP contribution < -0.4 is 20.1 Å². The summed E-state index contributed by atoms with van der Waals surface area (Å²) in [6, 6.07) is 2.88. The molecule has 0 spiro atoms. The molecule has 150 valence electrons. The maximum atomic E-state index is 12.7. The molecular formula is C19H29F3N4O+2. The maximum Gasteiger partial charge on any atom is 0.419 e. The summed E-state index contributed by atoms with van der Waals surface area (Å²) in [6.45, 7) is 5.68. The molecule has 2 atom stereocenters. The smallest absolute Gasteiger partial charge is 0.348 e. The number of carbonyl (C=O) groups is 1. The Labute approximate surface area is 157 Å². The number of hydrogen-bond donors (Lipinski definition) is 2. The number of aromatic nitrogens is 1. The van der Waals surface area contributed by atoms with E-state index in [0.29, 0.717) is 37.4 Å². The number of pyridine rings is 1. The number of quaternary nitrogens is 1. The fourth-order valence-corrected chi connectivity index (χ4v) is 4.05. The molecule has 1 aliphatic carbocycles. The van der Waals surface area contributed by atoms with Crippen molar-refractivity contribution in [3.8, 4) is 0 Å². The second kappa shape index (κ2) is 8.46. The highest BCUT2D eigenvalue weighted by molar-refractivity contribution is 5.77. The molecule has 27 heavy (non-hydrogen) atoms. The normalized spacial score (nSPS) is 24.7. The van der Waals surface area contributed by atoms with Crippen molar-refractivity contribution in [1.29, 1.82) is 0 Å². The second-order valence-corrected chi connectivity index (χ2v) is 7.81. The molecule has 1 saturated heterocycles. The Morgan fingerprint density at radius 1 is 1.26 bits per heavy atom. The number of hydrogen-bond acceptors (Lipinski definition) is 2. The van der Waals surface area contributed by atoms with Crippen LogP contribution in [0.2, 0.25) is 0 Å². The van der Waals surface area contributed by atoms with Gasteiger partial charge in [0, 0.05) is 12.1 Å². The van der Waals surface area contributed by atoms with Crippen LogP contribution in [0.4, 0.5) is 19.0 Å². The molecule has 8 heteroatoms. The van der Waals surface area contributed by atoms with Crippen LogP contribution in [-0.4, -0.2) is 44.7 Å². The van der Waals surface area contributed by atoms with Crippen molar-refractivity contribution in [3.05, 3.63) is 23.9 Å². The topological polar surface area (TPSA) is 50.9 Å². The van der Waals surface area contributed by atoms with Crippen molar-refractivity contribution >= 4 is 11.7 Å². The molecule has 1 aromatic rings. The van der Waals surface area contributed by atoms with Gasteiger partial charge in [-0.15, -0.1) is 0 Å². The van der Waals surface area contributed by atoms with Crippen LogP contribution in [-0.2, 0) is 11.0 Å². The molecule has 5 nitrogen and oxygen atoms in total. The minimum absolute atomic E-state index is 0.110. The number of nitrogens with zero attached hydrogens (tertiary/aromatic N) is 1. The summed E-state index contributed by atoms with van der Waals surface area (Å²) in [5.41, 5.74) is -0.677. The summed E-state index contributed by atoms with van der Waals surface area (Å²) in [5.74, 6) is 1.34. The van der Waals surface area contributed by atoms with Gasteiger partial charge in [0.25, 0.3) is 11.7 Å². The zero-order valence-corrected chi connectivity index (χ0v) is 15.7. The third-order valence-corrected chi connectivity index (χ3v) is 5.80. The highest BCUT2D eigenvalue weighted by Crippen LogP contribution is 2.28. The van der Waals surface area contributed by atoms with Gasteiger partial charge in [-0.2, -0.15) is 13.2 Å². The second-order valence-electron chi connectivity index (χ2n) is 7.81. The van der Waals surface area contributed by atoms with Gasteiger partial charge in [0.15, 0.2) is 6.54 Å². The number of aromatic amines is 1. The summed E-state index contributed by atoms with van der Waals surface area (Å²) < 4.78 is 38.0. The van der Waals surface area contributed by atoms with Crippen LogP contribution in [0.1, 0.15) is 38.2 Å². The SMILES string of the molecule is C[C@@H]1CCCC[C@@H]1NC(=O)C[NH+]1CCN(c2ccc(C(F)(F)F)c[nH+]2)CC1. The molecule has 3 N–H and O–H groups in total. The Bertz CT molecular complexity index is 627. The highest BCUT2D eigenvalue weighted by Gasteiger charge is 2.33. The lowest BCUT2D eigenvalue weighted by molar-refractivity contribution is -0.892. The first kappa shape index (κ1) is 19.9. The van der Waals surface area contributed by atoms with E-state index in [2.05, 4.69) is 17.2 Å². The predicted octanol–water partition coefficient (Wildman–Crippen LogP) is 0.919. The van der Waals surface area contributed by atoms with E-state index in [-0.39, 0.29) is 5.91 Å². The molecule has 2 aliphatic rings. The molecule has 0 radical (unpaired) electrons. The summed E-state index contributed by atoms with van der Waals surface area (Å²) in [5, 5.41) is 3.19. The lowest BCUT2D eigenvalue weighted by Crippen LogP contribution is -3.16. The lowest BCUT2D eigenvalue weighted by atomic mass is 9.86. The summed E-state index contributed by atoms with van der Waals surface area (Å²) in [4.78, 5) is 18.3. The van der Waals surface area contributed by atoms with Crippen LogP contribution in [0.5, 0.6) is 0 Å². The van der Waals surface area contributed by atoms with Gasteiger partial charge in [-0.3, -0.25) is 9.69 Å². The Kier molecular flexibility index (Phi) is 6.24. The van der Waals surface area contributed by atoms with Gasteiger partial charge in [-0.1, -0.05) is 19.8 Å². The molecule has 1 amide bonds. The van der Waals surface area contributed by atoms with Gasteiger partial charge < -0.3 is 10.2 Å². The molecule has 0 unspecified atom stereocenters. The molecule has 2 heterocycles. The number of halogens is 3. The molecule has 1 aromatic heterocycles. The van der Waals surface area contributed by atoms with Crippen LogP contribution >= 0.6 is 0 Å². The fourth-order valence-electron chi connectivity index (χ4n) is 4.05. The third-order valence-electron chi connectivity index (χ3n) is 5.80. The van der Waals surface area contributed by atoms with E-state index in [1.807, 2.05) is 4.90 Å². The van der Waals surface area contributed by atoms with E-state index in [1.54, 1.807) is 0 Å². The first-order valence-corrected chi connectivity index (χ1v) is 9.80. The Morgan fingerprint density at radius 3 is 2.56 bits per heavy atom. The van der Waals surface area contributed by atoms with Crippen LogP contribution in [0, 0.1) is 5.92 Å². The lowest BCUT2D eigenvalue weighted by Gasteiger charge is -2.31. The van der Waals surface area contributed by atoms with E-state index in [9.17, 15) is 18.0 Å². The number of anilines is 1. The van der Waals surface area contributed by atoms with Gasteiger partial charge >= 0.3 is 6.18 Å². The number of H-pyrrole nitrogens is 1.